The number of carbonyl (C=O) groups is 1. The van der Waals surface area contributed by atoms with Crippen molar-refractivity contribution in [2.75, 3.05) is 18.0 Å². The van der Waals surface area contributed by atoms with E-state index in [1.165, 1.54) is 0 Å². The van der Waals surface area contributed by atoms with Crippen LogP contribution in [-0.4, -0.2) is 30.0 Å². The largest absolute Gasteiger partial charge is 0.423 e. The van der Waals surface area contributed by atoms with E-state index < -0.39 is 0 Å². The number of carbonyl (C=O) groups excluding carboxylic acids is 1. The highest BCUT2D eigenvalue weighted by molar-refractivity contribution is 6.07. The van der Waals surface area contributed by atoms with Gasteiger partial charge < -0.3 is 14.6 Å². The van der Waals surface area contributed by atoms with Gasteiger partial charge in [-0.25, -0.2) is 0 Å². The average Bonchev–Trinajstić information content (AvgIpc) is 3.37. The van der Waals surface area contributed by atoms with E-state index in [2.05, 4.69) is 15.2 Å². The first-order chi connectivity index (χ1) is 13.8. The van der Waals surface area contributed by atoms with Crippen LogP contribution < -0.4 is 10.2 Å². The first kappa shape index (κ1) is 16.8. The zero-order valence-electron chi connectivity index (χ0n) is 15.5. The van der Waals surface area contributed by atoms with E-state index in [1.807, 2.05) is 66.7 Å². The molecular formula is C23H21N3O2. The van der Waals surface area contributed by atoms with Gasteiger partial charge >= 0.3 is 0 Å². The van der Waals surface area contributed by atoms with Crippen LogP contribution in [-0.2, 0) is 0 Å². The SMILES string of the molecule is O=C(NCC1CCCN1c1nc2ccccc2o1)c1cccc2ccccc12. The maximum atomic E-state index is 12.8. The van der Waals surface area contributed by atoms with Crippen molar-refractivity contribution >= 4 is 33.8 Å². The van der Waals surface area contributed by atoms with Crippen molar-refractivity contribution in [3.63, 3.8) is 0 Å². The average molecular weight is 371 g/mol. The quantitative estimate of drug-likeness (QED) is 0.578. The number of hydrogen-bond acceptors (Lipinski definition) is 4. The van der Waals surface area contributed by atoms with Crippen molar-refractivity contribution in [3.8, 4) is 0 Å². The zero-order chi connectivity index (χ0) is 18.9. The molecule has 0 saturated carbocycles. The van der Waals surface area contributed by atoms with Crippen LogP contribution in [0.3, 0.4) is 0 Å². The third-order valence-electron chi connectivity index (χ3n) is 5.44. The van der Waals surface area contributed by atoms with Crippen LogP contribution in [0, 0.1) is 0 Å². The lowest BCUT2D eigenvalue weighted by Gasteiger charge is -2.23. The second-order valence-corrected chi connectivity index (χ2v) is 7.19. The maximum absolute atomic E-state index is 12.8. The summed E-state index contributed by atoms with van der Waals surface area (Å²) in [5.74, 6) is -0.0405. The van der Waals surface area contributed by atoms with Crippen LogP contribution in [0.1, 0.15) is 23.2 Å². The maximum Gasteiger partial charge on any atom is 0.298 e. The lowest BCUT2D eigenvalue weighted by molar-refractivity contribution is 0.0953. The molecule has 1 aliphatic heterocycles. The minimum absolute atomic E-state index is 0.0405. The number of fused-ring (bicyclic) bond motifs is 2. The van der Waals surface area contributed by atoms with Crippen molar-refractivity contribution in [1.29, 1.82) is 0 Å². The third kappa shape index (κ3) is 2.99. The van der Waals surface area contributed by atoms with Crippen molar-refractivity contribution in [2.24, 2.45) is 0 Å². The Kier molecular flexibility index (Phi) is 4.20. The van der Waals surface area contributed by atoms with Gasteiger partial charge in [-0.15, -0.1) is 0 Å². The molecule has 5 nitrogen and oxygen atoms in total. The third-order valence-corrected chi connectivity index (χ3v) is 5.44. The smallest absolute Gasteiger partial charge is 0.298 e. The van der Waals surface area contributed by atoms with E-state index in [4.69, 9.17) is 4.42 Å². The summed E-state index contributed by atoms with van der Waals surface area (Å²) >= 11 is 0. The van der Waals surface area contributed by atoms with E-state index in [-0.39, 0.29) is 11.9 Å². The number of nitrogens with zero attached hydrogens (tertiary/aromatic N) is 2. The minimum Gasteiger partial charge on any atom is -0.423 e. The van der Waals surface area contributed by atoms with Gasteiger partial charge in [0.2, 0.25) is 0 Å². The standard InChI is InChI=1S/C23H21N3O2/c27-22(19-11-5-8-16-7-1-2-10-18(16)19)24-15-17-9-6-14-26(17)23-25-20-12-3-4-13-21(20)28-23/h1-5,7-8,10-13,17H,6,9,14-15H2,(H,24,27). The molecule has 1 unspecified atom stereocenters. The molecule has 0 bridgehead atoms. The highest BCUT2D eigenvalue weighted by Gasteiger charge is 2.28. The number of benzene rings is 3. The summed E-state index contributed by atoms with van der Waals surface area (Å²) in [6.07, 6.45) is 2.07. The second kappa shape index (κ2) is 7.00. The van der Waals surface area contributed by atoms with Gasteiger partial charge in [-0.05, 0) is 41.8 Å². The molecule has 140 valence electrons. The Morgan fingerprint density at radius 2 is 1.89 bits per heavy atom. The second-order valence-electron chi connectivity index (χ2n) is 7.19. The number of oxazole rings is 1. The number of nitrogens with one attached hydrogen (secondary N) is 1. The molecule has 5 heteroatoms. The van der Waals surface area contributed by atoms with E-state index in [1.54, 1.807) is 0 Å². The number of amides is 1. The van der Waals surface area contributed by atoms with Crippen LogP contribution in [0.25, 0.3) is 21.9 Å². The fraction of sp³-hybridized carbons (Fsp3) is 0.217. The van der Waals surface area contributed by atoms with Crippen molar-refractivity contribution < 1.29 is 9.21 Å². The molecule has 0 aliphatic carbocycles. The molecule has 28 heavy (non-hydrogen) atoms. The van der Waals surface area contributed by atoms with Gasteiger partial charge in [-0.1, -0.05) is 48.5 Å². The predicted molar refractivity (Wildman–Crippen MR) is 111 cm³/mol. The molecule has 1 saturated heterocycles. The van der Waals surface area contributed by atoms with Crippen molar-refractivity contribution in [2.45, 2.75) is 18.9 Å². The fourth-order valence-corrected chi connectivity index (χ4v) is 4.01. The molecule has 0 spiro atoms. The van der Waals surface area contributed by atoms with Crippen LogP contribution >= 0.6 is 0 Å². The number of para-hydroxylation sites is 2. The van der Waals surface area contributed by atoms with Crippen LogP contribution in [0.2, 0.25) is 0 Å². The van der Waals surface area contributed by atoms with E-state index >= 15 is 0 Å². The van der Waals surface area contributed by atoms with Gasteiger partial charge in [0.25, 0.3) is 11.9 Å². The van der Waals surface area contributed by atoms with Crippen LogP contribution in [0.5, 0.6) is 0 Å². The van der Waals surface area contributed by atoms with Gasteiger partial charge in [0.1, 0.15) is 5.52 Å². The lowest BCUT2D eigenvalue weighted by Crippen LogP contribution is -2.40. The number of hydrogen-bond donors (Lipinski definition) is 1. The molecule has 1 aliphatic rings. The molecule has 4 aromatic rings. The molecule has 1 N–H and O–H groups in total. The fourth-order valence-electron chi connectivity index (χ4n) is 4.01. The Bertz CT molecular complexity index is 1110. The Morgan fingerprint density at radius 1 is 1.07 bits per heavy atom. The highest BCUT2D eigenvalue weighted by atomic mass is 16.4. The van der Waals surface area contributed by atoms with E-state index in [9.17, 15) is 4.79 Å². The Morgan fingerprint density at radius 3 is 2.82 bits per heavy atom. The molecule has 0 radical (unpaired) electrons. The van der Waals surface area contributed by atoms with Crippen molar-refractivity contribution in [3.05, 3.63) is 72.3 Å². The lowest BCUT2D eigenvalue weighted by atomic mass is 10.0. The Labute approximate surface area is 163 Å². The number of aromatic nitrogens is 1. The Hall–Kier alpha value is -3.34. The van der Waals surface area contributed by atoms with Gasteiger partial charge in [-0.2, -0.15) is 4.98 Å². The zero-order valence-corrected chi connectivity index (χ0v) is 15.5. The molecular weight excluding hydrogens is 350 g/mol. The summed E-state index contributed by atoms with van der Waals surface area (Å²) in [7, 11) is 0. The first-order valence-corrected chi connectivity index (χ1v) is 9.68. The minimum atomic E-state index is -0.0405. The van der Waals surface area contributed by atoms with Crippen molar-refractivity contribution in [1.82, 2.24) is 10.3 Å². The summed E-state index contributed by atoms with van der Waals surface area (Å²) in [4.78, 5) is 19.6. The molecule has 1 fully saturated rings. The molecule has 1 atom stereocenters. The molecule has 5 rings (SSSR count). The topological polar surface area (TPSA) is 58.4 Å². The summed E-state index contributed by atoms with van der Waals surface area (Å²) in [6, 6.07) is 22.4. The van der Waals surface area contributed by atoms with E-state index in [0.29, 0.717) is 18.1 Å². The Balaban J connectivity index is 1.33. The summed E-state index contributed by atoms with van der Waals surface area (Å²) in [5.41, 5.74) is 2.37. The summed E-state index contributed by atoms with van der Waals surface area (Å²) in [6.45, 7) is 1.46. The van der Waals surface area contributed by atoms with Gasteiger partial charge in [0, 0.05) is 18.7 Å². The summed E-state index contributed by atoms with van der Waals surface area (Å²) in [5, 5.41) is 5.17. The number of anilines is 1. The molecule has 2 heterocycles. The summed E-state index contributed by atoms with van der Waals surface area (Å²) < 4.78 is 5.93. The van der Waals surface area contributed by atoms with E-state index in [0.717, 1.165) is 41.3 Å². The molecule has 1 aromatic heterocycles. The monoisotopic (exact) mass is 371 g/mol. The van der Waals surface area contributed by atoms with Crippen LogP contribution in [0.4, 0.5) is 6.01 Å². The molecule has 1 amide bonds. The highest BCUT2D eigenvalue weighted by Crippen LogP contribution is 2.28. The normalized spacial score (nSPS) is 16.7. The van der Waals surface area contributed by atoms with Crippen LogP contribution in [0.15, 0.2) is 71.1 Å². The predicted octanol–water partition coefficient (Wildman–Crippen LogP) is 4.38. The number of rotatable bonds is 4. The van der Waals surface area contributed by atoms with Gasteiger partial charge in [0.15, 0.2) is 5.58 Å². The first-order valence-electron chi connectivity index (χ1n) is 9.68. The van der Waals surface area contributed by atoms with Gasteiger partial charge in [-0.3, -0.25) is 4.79 Å². The van der Waals surface area contributed by atoms with Gasteiger partial charge in [0.05, 0.1) is 6.04 Å². The molecule has 3 aromatic carbocycles.